The number of benzene rings is 4. The molecule has 0 radical (unpaired) electrons. The van der Waals surface area contributed by atoms with Crippen LogP contribution in [-0.2, 0) is 21.7 Å². The number of carbonyl (C=O) groups excluding carboxylic acids is 1. The summed E-state index contributed by atoms with van der Waals surface area (Å²) < 4.78 is 5.33. The fourth-order valence-corrected chi connectivity index (χ4v) is 4.79. The Kier molecular flexibility index (Phi) is 9.48. The number of carboxylic acids is 1. The predicted octanol–water partition coefficient (Wildman–Crippen LogP) is 6.12. The number of carbonyl (C=O) groups is 2. The normalized spacial score (nSPS) is 12.7. The highest BCUT2D eigenvalue weighted by Crippen LogP contribution is 2.37. The molecule has 0 aliphatic carbocycles. The van der Waals surface area contributed by atoms with Crippen LogP contribution in [-0.4, -0.2) is 29.3 Å². The number of ether oxygens (including phenoxy) is 1. The summed E-state index contributed by atoms with van der Waals surface area (Å²) in [6.07, 6.45) is 0.209. The molecule has 4 aromatic rings. The molecule has 6 nitrogen and oxygen atoms in total. The van der Waals surface area contributed by atoms with Crippen LogP contribution < -0.4 is 10.6 Å². The lowest BCUT2D eigenvalue weighted by molar-refractivity contribution is -0.140. The van der Waals surface area contributed by atoms with Gasteiger partial charge in [-0.15, -0.1) is 0 Å². The van der Waals surface area contributed by atoms with E-state index in [1.165, 1.54) is 0 Å². The van der Waals surface area contributed by atoms with Crippen LogP contribution >= 0.6 is 0 Å². The summed E-state index contributed by atoms with van der Waals surface area (Å²) in [5.74, 6) is -0.957. The van der Waals surface area contributed by atoms with E-state index >= 15 is 0 Å². The van der Waals surface area contributed by atoms with Crippen molar-refractivity contribution < 1.29 is 19.4 Å². The number of hydrogen-bond acceptors (Lipinski definition) is 4. The fourth-order valence-electron chi connectivity index (χ4n) is 4.79. The van der Waals surface area contributed by atoms with E-state index in [9.17, 15) is 14.7 Å². The van der Waals surface area contributed by atoms with Gasteiger partial charge in [-0.05, 0) is 42.0 Å². The van der Waals surface area contributed by atoms with Gasteiger partial charge >= 0.3 is 12.1 Å². The summed E-state index contributed by atoms with van der Waals surface area (Å²) in [6, 6.07) is 38.0. The van der Waals surface area contributed by atoms with Crippen LogP contribution in [0.5, 0.6) is 0 Å². The Morgan fingerprint density at radius 1 is 0.718 bits per heavy atom. The lowest BCUT2D eigenvalue weighted by atomic mass is 9.76. The molecule has 0 saturated carbocycles. The smallest absolute Gasteiger partial charge is 0.407 e. The van der Waals surface area contributed by atoms with E-state index < -0.39 is 23.6 Å². The maximum absolute atomic E-state index is 12.6. The minimum absolute atomic E-state index is 0.173. The molecule has 4 rings (SSSR count). The number of alkyl carbamates (subject to hydrolysis) is 1. The highest BCUT2D eigenvalue weighted by atomic mass is 16.5. The molecule has 4 aromatic carbocycles. The molecule has 200 valence electrons. The molecule has 0 bridgehead atoms. The van der Waals surface area contributed by atoms with E-state index in [4.69, 9.17) is 4.74 Å². The van der Waals surface area contributed by atoms with E-state index in [0.717, 1.165) is 22.3 Å². The van der Waals surface area contributed by atoms with Gasteiger partial charge in [0.15, 0.2) is 0 Å². The molecule has 0 aliphatic rings. The zero-order valence-corrected chi connectivity index (χ0v) is 22.0. The lowest BCUT2D eigenvalue weighted by Gasteiger charge is -2.39. The van der Waals surface area contributed by atoms with Gasteiger partial charge in [0.25, 0.3) is 0 Å². The van der Waals surface area contributed by atoms with Gasteiger partial charge in [-0.1, -0.05) is 121 Å². The number of rotatable bonds is 12. The third kappa shape index (κ3) is 7.12. The molecule has 0 aliphatic heterocycles. The molecule has 0 aromatic heterocycles. The molecule has 2 atom stereocenters. The summed E-state index contributed by atoms with van der Waals surface area (Å²) in [7, 11) is 0. The maximum atomic E-state index is 12.6. The van der Waals surface area contributed by atoms with Crippen LogP contribution in [0.3, 0.4) is 0 Å². The third-order valence-electron chi connectivity index (χ3n) is 6.77. The van der Waals surface area contributed by atoms with Crippen LogP contribution in [0.25, 0.3) is 0 Å². The molecule has 0 heterocycles. The summed E-state index contributed by atoms with van der Waals surface area (Å²) in [4.78, 5) is 24.9. The molecule has 39 heavy (non-hydrogen) atoms. The van der Waals surface area contributed by atoms with Crippen LogP contribution in [0, 0.1) is 0 Å². The van der Waals surface area contributed by atoms with Crippen LogP contribution in [0.4, 0.5) is 4.79 Å². The number of carboxylic acid groups (broad SMARTS) is 1. The molecule has 1 amide bonds. The van der Waals surface area contributed by atoms with E-state index in [1.807, 2.05) is 128 Å². The Balaban J connectivity index is 1.54. The van der Waals surface area contributed by atoms with Gasteiger partial charge in [-0.2, -0.15) is 0 Å². The molecular weight excluding hydrogens is 488 g/mol. The van der Waals surface area contributed by atoms with Crippen LogP contribution in [0.2, 0.25) is 0 Å². The van der Waals surface area contributed by atoms with Crippen molar-refractivity contribution in [2.75, 3.05) is 0 Å². The first-order chi connectivity index (χ1) is 19.0. The lowest BCUT2D eigenvalue weighted by Crippen LogP contribution is -2.53. The zero-order valence-electron chi connectivity index (χ0n) is 22.0. The standard InChI is InChI=1S/C33H34N2O4/c1-25(34-32(38)39-24-26-14-6-2-7-15-26)22-23-30(31(36)37)35-33(27-16-8-3-9-17-27,28-18-10-4-11-19-28)29-20-12-5-13-21-29/h2-21,25,30,35H,22-24H2,1H3,(H,34,38)(H,36,37)/t25?,30-/m0/s1. The monoisotopic (exact) mass is 522 g/mol. The van der Waals surface area contributed by atoms with Crippen LogP contribution in [0.1, 0.15) is 42.0 Å². The van der Waals surface area contributed by atoms with Crippen molar-refractivity contribution >= 4 is 12.1 Å². The molecule has 3 N–H and O–H groups in total. The van der Waals surface area contributed by atoms with Crippen molar-refractivity contribution in [2.24, 2.45) is 0 Å². The number of aliphatic carboxylic acids is 1. The van der Waals surface area contributed by atoms with Crippen molar-refractivity contribution in [1.82, 2.24) is 10.6 Å². The summed E-state index contributed by atoms with van der Waals surface area (Å²) in [5, 5.41) is 16.7. The van der Waals surface area contributed by atoms with Gasteiger partial charge in [-0.3, -0.25) is 10.1 Å². The summed E-state index contributed by atoms with van der Waals surface area (Å²) in [6.45, 7) is 2.02. The topological polar surface area (TPSA) is 87.7 Å². The molecule has 0 saturated heterocycles. The van der Waals surface area contributed by atoms with Crippen molar-refractivity contribution in [2.45, 2.75) is 44.0 Å². The third-order valence-corrected chi connectivity index (χ3v) is 6.77. The largest absolute Gasteiger partial charge is 0.480 e. The van der Waals surface area contributed by atoms with E-state index in [0.29, 0.717) is 12.8 Å². The molecule has 6 heteroatoms. The minimum Gasteiger partial charge on any atom is -0.480 e. The van der Waals surface area contributed by atoms with E-state index in [-0.39, 0.29) is 12.6 Å². The molecule has 0 spiro atoms. The quantitative estimate of drug-likeness (QED) is 0.195. The van der Waals surface area contributed by atoms with Crippen molar-refractivity contribution in [1.29, 1.82) is 0 Å². The second-order valence-corrected chi connectivity index (χ2v) is 9.57. The van der Waals surface area contributed by atoms with Gasteiger partial charge in [0.1, 0.15) is 12.6 Å². The first-order valence-corrected chi connectivity index (χ1v) is 13.1. The Morgan fingerprint density at radius 2 is 1.15 bits per heavy atom. The van der Waals surface area contributed by atoms with Gasteiger partial charge in [-0.25, -0.2) is 4.79 Å². The van der Waals surface area contributed by atoms with Crippen molar-refractivity contribution in [3.8, 4) is 0 Å². The molecule has 0 fully saturated rings. The Bertz CT molecular complexity index is 1220. The Morgan fingerprint density at radius 3 is 1.59 bits per heavy atom. The highest BCUT2D eigenvalue weighted by Gasteiger charge is 2.39. The maximum Gasteiger partial charge on any atom is 0.407 e. The summed E-state index contributed by atoms with van der Waals surface area (Å²) in [5.41, 5.74) is 2.80. The highest BCUT2D eigenvalue weighted by molar-refractivity contribution is 5.74. The Hall–Kier alpha value is -4.42. The minimum atomic E-state index is -0.957. The number of nitrogens with one attached hydrogen (secondary N) is 2. The molecule has 1 unspecified atom stereocenters. The fraction of sp³-hybridized carbons (Fsp3) is 0.212. The Labute approximate surface area is 229 Å². The van der Waals surface area contributed by atoms with Crippen LogP contribution in [0.15, 0.2) is 121 Å². The number of hydrogen-bond donors (Lipinski definition) is 3. The molecular formula is C33H34N2O4. The average Bonchev–Trinajstić information content (AvgIpc) is 2.98. The van der Waals surface area contributed by atoms with Gasteiger partial charge < -0.3 is 15.2 Å². The van der Waals surface area contributed by atoms with Gasteiger partial charge in [0.2, 0.25) is 0 Å². The van der Waals surface area contributed by atoms with E-state index in [2.05, 4.69) is 10.6 Å². The average molecular weight is 523 g/mol. The van der Waals surface area contributed by atoms with Crippen molar-refractivity contribution in [3.05, 3.63) is 144 Å². The first-order valence-electron chi connectivity index (χ1n) is 13.1. The zero-order chi connectivity index (χ0) is 27.5. The SMILES string of the molecule is CC(CC[C@H](NC(c1ccccc1)(c1ccccc1)c1ccccc1)C(=O)O)NC(=O)OCc1ccccc1. The van der Waals surface area contributed by atoms with Gasteiger partial charge in [0.05, 0.1) is 5.54 Å². The van der Waals surface area contributed by atoms with E-state index in [1.54, 1.807) is 0 Å². The predicted molar refractivity (Wildman–Crippen MR) is 152 cm³/mol. The van der Waals surface area contributed by atoms with Gasteiger partial charge in [0, 0.05) is 6.04 Å². The first kappa shape index (κ1) is 27.6. The second-order valence-electron chi connectivity index (χ2n) is 9.57. The van der Waals surface area contributed by atoms with Crippen molar-refractivity contribution in [3.63, 3.8) is 0 Å². The summed E-state index contributed by atoms with van der Waals surface area (Å²) >= 11 is 0. The second kappa shape index (κ2) is 13.4. The number of amides is 1.